The van der Waals surface area contributed by atoms with Crippen LogP contribution in [0.1, 0.15) is 45.0 Å². The molecule has 112 valence electrons. The summed E-state index contributed by atoms with van der Waals surface area (Å²) < 4.78 is 5.00. The molecular weight excluding hydrogens is 250 g/mol. The number of hydrogen-bond donors (Lipinski definition) is 2. The number of anilines is 1. The highest BCUT2D eigenvalue weighted by Crippen LogP contribution is 2.21. The van der Waals surface area contributed by atoms with Crippen LogP contribution in [0.15, 0.2) is 41.3 Å². The Morgan fingerprint density at radius 3 is 2.00 bits per heavy atom. The molecule has 0 fully saturated rings. The Morgan fingerprint density at radius 1 is 1.00 bits per heavy atom. The monoisotopic (exact) mass is 277 g/mol. The van der Waals surface area contributed by atoms with Crippen molar-refractivity contribution in [1.82, 2.24) is 10.3 Å². The summed E-state index contributed by atoms with van der Waals surface area (Å²) in [6, 6.07) is 8.30. The third kappa shape index (κ3) is 5.05. The molecule has 1 unspecified atom stereocenters. The molecule has 2 N–H and O–H groups in total. The van der Waals surface area contributed by atoms with E-state index in [0.29, 0.717) is 0 Å². The van der Waals surface area contributed by atoms with Gasteiger partial charge in [0.25, 0.3) is 0 Å². The van der Waals surface area contributed by atoms with Crippen LogP contribution in [0, 0.1) is 0 Å². The molecule has 0 bridgehead atoms. The molecule has 1 atom stereocenters. The SMILES string of the molecule is CC.CC.CNc1ccc(C(NC)c2cocn2)cc1. The van der Waals surface area contributed by atoms with Crippen molar-refractivity contribution in [2.75, 3.05) is 19.4 Å². The molecule has 0 saturated carbocycles. The van der Waals surface area contributed by atoms with Gasteiger partial charge in [0.1, 0.15) is 12.0 Å². The summed E-state index contributed by atoms with van der Waals surface area (Å²) in [4.78, 5) is 4.16. The average Bonchev–Trinajstić information content (AvgIpc) is 3.07. The van der Waals surface area contributed by atoms with Gasteiger partial charge in [0.2, 0.25) is 0 Å². The van der Waals surface area contributed by atoms with E-state index in [1.165, 1.54) is 6.39 Å². The van der Waals surface area contributed by atoms with Gasteiger partial charge in [-0.15, -0.1) is 0 Å². The summed E-state index contributed by atoms with van der Waals surface area (Å²) >= 11 is 0. The standard InChI is InChI=1S/C12H15N3O.2C2H6/c1-13-10-5-3-9(4-6-10)12(14-2)11-7-16-8-15-11;2*1-2/h3-8,12-14H,1-2H3;2*1-2H3. The minimum Gasteiger partial charge on any atom is -0.451 e. The summed E-state index contributed by atoms with van der Waals surface area (Å²) in [5, 5.41) is 6.31. The number of rotatable bonds is 4. The molecule has 0 aliphatic rings. The molecule has 4 heteroatoms. The third-order valence-corrected chi connectivity index (χ3v) is 2.57. The molecule has 0 aliphatic heterocycles. The maximum absolute atomic E-state index is 5.00. The van der Waals surface area contributed by atoms with Crippen molar-refractivity contribution in [3.05, 3.63) is 48.2 Å². The molecule has 0 saturated heterocycles. The van der Waals surface area contributed by atoms with Gasteiger partial charge in [-0.3, -0.25) is 0 Å². The number of hydrogen-bond acceptors (Lipinski definition) is 4. The number of aromatic nitrogens is 1. The van der Waals surface area contributed by atoms with E-state index >= 15 is 0 Å². The van der Waals surface area contributed by atoms with Gasteiger partial charge in [-0.25, -0.2) is 4.98 Å². The summed E-state index contributed by atoms with van der Waals surface area (Å²) in [6.45, 7) is 8.00. The van der Waals surface area contributed by atoms with Gasteiger partial charge in [0.15, 0.2) is 6.39 Å². The van der Waals surface area contributed by atoms with Crippen molar-refractivity contribution in [3.63, 3.8) is 0 Å². The van der Waals surface area contributed by atoms with Gasteiger partial charge in [-0.1, -0.05) is 39.8 Å². The Bertz CT molecular complexity index is 423. The molecule has 1 aromatic heterocycles. The molecule has 0 spiro atoms. The molecule has 1 heterocycles. The summed E-state index contributed by atoms with van der Waals surface area (Å²) in [5.74, 6) is 0. The highest BCUT2D eigenvalue weighted by molar-refractivity contribution is 5.45. The fraction of sp³-hybridized carbons (Fsp3) is 0.438. The topological polar surface area (TPSA) is 50.1 Å². The van der Waals surface area contributed by atoms with E-state index < -0.39 is 0 Å². The van der Waals surface area contributed by atoms with E-state index in [0.717, 1.165) is 16.9 Å². The molecule has 0 aliphatic carbocycles. The second kappa shape index (κ2) is 11.1. The molecule has 4 nitrogen and oxygen atoms in total. The van der Waals surface area contributed by atoms with Gasteiger partial charge in [0.05, 0.1) is 6.04 Å². The molecule has 2 rings (SSSR count). The third-order valence-electron chi connectivity index (χ3n) is 2.57. The van der Waals surface area contributed by atoms with Crippen molar-refractivity contribution in [2.45, 2.75) is 33.7 Å². The van der Waals surface area contributed by atoms with Crippen LogP contribution < -0.4 is 10.6 Å². The lowest BCUT2D eigenvalue weighted by Gasteiger charge is -2.14. The van der Waals surface area contributed by atoms with Crippen LogP contribution in [-0.2, 0) is 0 Å². The highest BCUT2D eigenvalue weighted by Gasteiger charge is 2.13. The first-order valence-corrected chi connectivity index (χ1v) is 7.18. The summed E-state index contributed by atoms with van der Waals surface area (Å²) in [7, 11) is 3.81. The minimum atomic E-state index is 0.0738. The fourth-order valence-corrected chi connectivity index (χ4v) is 1.69. The van der Waals surface area contributed by atoms with Crippen LogP contribution in [-0.4, -0.2) is 19.1 Å². The first-order valence-electron chi connectivity index (χ1n) is 7.18. The zero-order valence-electron chi connectivity index (χ0n) is 13.4. The van der Waals surface area contributed by atoms with Crippen molar-refractivity contribution >= 4 is 5.69 Å². The average molecular weight is 277 g/mol. The zero-order chi connectivity index (χ0) is 15.4. The predicted molar refractivity (Wildman–Crippen MR) is 86.1 cm³/mol. The van der Waals surface area contributed by atoms with Crippen molar-refractivity contribution in [1.29, 1.82) is 0 Å². The van der Waals surface area contributed by atoms with Gasteiger partial charge < -0.3 is 15.1 Å². The summed E-state index contributed by atoms with van der Waals surface area (Å²) in [5.41, 5.74) is 3.15. The molecule has 20 heavy (non-hydrogen) atoms. The lowest BCUT2D eigenvalue weighted by atomic mass is 10.0. The lowest BCUT2D eigenvalue weighted by Crippen LogP contribution is -2.17. The highest BCUT2D eigenvalue weighted by atomic mass is 16.3. The normalized spacial score (nSPS) is 10.5. The quantitative estimate of drug-likeness (QED) is 0.884. The zero-order valence-corrected chi connectivity index (χ0v) is 13.4. The van der Waals surface area contributed by atoms with Gasteiger partial charge >= 0.3 is 0 Å². The Morgan fingerprint density at radius 2 is 1.60 bits per heavy atom. The first kappa shape index (κ1) is 18.2. The number of nitrogens with one attached hydrogen (secondary N) is 2. The Kier molecular flexibility index (Phi) is 10.1. The maximum atomic E-state index is 5.00. The summed E-state index contributed by atoms with van der Waals surface area (Å²) in [6.07, 6.45) is 3.11. The van der Waals surface area contributed by atoms with Crippen LogP contribution in [0.2, 0.25) is 0 Å². The largest absolute Gasteiger partial charge is 0.451 e. The Hall–Kier alpha value is -1.81. The van der Waals surface area contributed by atoms with Gasteiger partial charge in [0, 0.05) is 12.7 Å². The molecule has 1 aromatic carbocycles. The number of oxazole rings is 1. The molecular formula is C16H27N3O. The predicted octanol–water partition coefficient (Wildman–Crippen LogP) is 4.08. The van der Waals surface area contributed by atoms with Crippen molar-refractivity contribution in [3.8, 4) is 0 Å². The van der Waals surface area contributed by atoms with Crippen LogP contribution in [0.4, 0.5) is 5.69 Å². The van der Waals surface area contributed by atoms with E-state index in [1.54, 1.807) is 6.26 Å². The van der Waals surface area contributed by atoms with Crippen LogP contribution >= 0.6 is 0 Å². The van der Waals surface area contributed by atoms with Crippen LogP contribution in [0.25, 0.3) is 0 Å². The molecule has 2 aromatic rings. The molecule has 0 amide bonds. The molecule has 0 radical (unpaired) electrons. The van der Waals surface area contributed by atoms with Gasteiger partial charge in [-0.05, 0) is 24.7 Å². The fourth-order valence-electron chi connectivity index (χ4n) is 1.69. The second-order valence-corrected chi connectivity index (χ2v) is 3.51. The second-order valence-electron chi connectivity index (χ2n) is 3.51. The number of benzene rings is 1. The van der Waals surface area contributed by atoms with Crippen LogP contribution in [0.3, 0.4) is 0 Å². The van der Waals surface area contributed by atoms with E-state index in [4.69, 9.17) is 4.42 Å². The van der Waals surface area contributed by atoms with Gasteiger partial charge in [-0.2, -0.15) is 0 Å². The van der Waals surface area contributed by atoms with Crippen molar-refractivity contribution < 1.29 is 4.42 Å². The number of nitrogens with zero attached hydrogens (tertiary/aromatic N) is 1. The Labute approximate surface area is 122 Å². The van der Waals surface area contributed by atoms with E-state index in [1.807, 2.05) is 53.9 Å². The maximum Gasteiger partial charge on any atom is 0.180 e. The first-order chi connectivity index (χ1) is 9.85. The van der Waals surface area contributed by atoms with Crippen molar-refractivity contribution in [2.24, 2.45) is 0 Å². The lowest BCUT2D eigenvalue weighted by molar-refractivity contribution is 0.553. The van der Waals surface area contributed by atoms with Crippen LogP contribution in [0.5, 0.6) is 0 Å². The minimum absolute atomic E-state index is 0.0738. The van der Waals surface area contributed by atoms with E-state index in [9.17, 15) is 0 Å². The van der Waals surface area contributed by atoms with E-state index in [-0.39, 0.29) is 6.04 Å². The van der Waals surface area contributed by atoms with E-state index in [2.05, 4.69) is 27.8 Å². The Balaban J connectivity index is 0.000000829. The smallest absolute Gasteiger partial charge is 0.180 e.